The summed E-state index contributed by atoms with van der Waals surface area (Å²) in [6, 6.07) is 3.89. The fraction of sp³-hybridized carbons (Fsp3) is 0.250. The van der Waals surface area contributed by atoms with Crippen LogP contribution in [0.15, 0.2) is 23.0 Å². The van der Waals surface area contributed by atoms with Gasteiger partial charge in [-0.25, -0.2) is 13.8 Å². The molecule has 1 N–H and O–H groups in total. The van der Waals surface area contributed by atoms with E-state index in [4.69, 9.17) is 23.2 Å². The van der Waals surface area contributed by atoms with Gasteiger partial charge in [-0.1, -0.05) is 11.6 Å². The zero-order valence-electron chi connectivity index (χ0n) is 10.0. The molecule has 1 aromatic carbocycles. The summed E-state index contributed by atoms with van der Waals surface area (Å²) in [4.78, 5) is 12.3. The van der Waals surface area contributed by atoms with Crippen LogP contribution in [-0.2, 0) is 6.54 Å². The predicted molar refractivity (Wildman–Crippen MR) is 77.7 cm³/mol. The number of thioether (sulfide) groups is 1. The Morgan fingerprint density at radius 2 is 2.20 bits per heavy atom. The molecule has 0 saturated heterocycles. The zero-order valence-corrected chi connectivity index (χ0v) is 12.3. The summed E-state index contributed by atoms with van der Waals surface area (Å²) < 4.78 is 15.7. The third-order valence-corrected chi connectivity index (χ3v) is 4.85. The Kier molecular flexibility index (Phi) is 3.48. The topological polar surface area (TPSA) is 47.2 Å². The number of fused-ring (bicyclic) bond motifs is 1. The summed E-state index contributed by atoms with van der Waals surface area (Å²) in [6.07, 6.45) is 0. The standard InChI is InChI=1S/C12H9Cl2FN2O2S/c13-6-1-2-8(7(15)5-6)17-11(18)9-10(14)20-4-3-16(9)12(17)19/h1-2,5,10,18H,3-4H2. The van der Waals surface area contributed by atoms with Crippen molar-refractivity contribution in [3.8, 4) is 11.6 Å². The van der Waals surface area contributed by atoms with Gasteiger partial charge < -0.3 is 5.11 Å². The van der Waals surface area contributed by atoms with E-state index in [1.807, 2.05) is 0 Å². The molecule has 8 heteroatoms. The molecule has 2 heterocycles. The molecule has 0 aliphatic carbocycles. The molecule has 3 rings (SSSR count). The molecule has 4 nitrogen and oxygen atoms in total. The highest BCUT2D eigenvalue weighted by Gasteiger charge is 2.30. The number of nitrogens with zero attached hydrogens (tertiary/aromatic N) is 2. The van der Waals surface area contributed by atoms with Crippen molar-refractivity contribution in [3.63, 3.8) is 0 Å². The van der Waals surface area contributed by atoms with Crippen molar-refractivity contribution in [3.05, 3.63) is 45.2 Å². The van der Waals surface area contributed by atoms with Gasteiger partial charge in [0.05, 0.1) is 5.69 Å². The fourth-order valence-electron chi connectivity index (χ4n) is 2.20. The van der Waals surface area contributed by atoms with E-state index >= 15 is 0 Å². The van der Waals surface area contributed by atoms with Gasteiger partial charge in [0.2, 0.25) is 5.88 Å². The summed E-state index contributed by atoms with van der Waals surface area (Å²) in [5, 5.41) is 10.4. The number of alkyl halides is 1. The van der Waals surface area contributed by atoms with Gasteiger partial charge in [-0.3, -0.25) is 4.57 Å². The third-order valence-electron chi connectivity index (χ3n) is 3.10. The van der Waals surface area contributed by atoms with Crippen LogP contribution in [0, 0.1) is 5.82 Å². The molecule has 2 aromatic rings. The van der Waals surface area contributed by atoms with Crippen molar-refractivity contribution in [1.82, 2.24) is 9.13 Å². The van der Waals surface area contributed by atoms with Crippen molar-refractivity contribution in [2.24, 2.45) is 0 Å². The normalized spacial score (nSPS) is 18.1. The molecule has 106 valence electrons. The van der Waals surface area contributed by atoms with Gasteiger partial charge in [-0.05, 0) is 18.2 Å². The predicted octanol–water partition coefficient (Wildman–Crippen LogP) is 3.12. The van der Waals surface area contributed by atoms with Crippen molar-refractivity contribution in [2.75, 3.05) is 5.75 Å². The molecule has 0 radical (unpaired) electrons. The minimum absolute atomic E-state index is 0.0485. The first-order valence-electron chi connectivity index (χ1n) is 5.76. The first-order valence-corrected chi connectivity index (χ1v) is 7.62. The number of imidazole rings is 1. The van der Waals surface area contributed by atoms with Crippen LogP contribution in [0.1, 0.15) is 10.4 Å². The lowest BCUT2D eigenvalue weighted by atomic mass is 10.3. The first kappa shape index (κ1) is 13.9. The number of rotatable bonds is 1. The lowest BCUT2D eigenvalue weighted by molar-refractivity contribution is 0.432. The van der Waals surface area contributed by atoms with E-state index < -0.39 is 16.2 Å². The summed E-state index contributed by atoms with van der Waals surface area (Å²) in [6.45, 7) is 0.428. The van der Waals surface area contributed by atoms with E-state index in [2.05, 4.69) is 0 Å². The molecule has 0 bridgehead atoms. The number of hydrogen-bond acceptors (Lipinski definition) is 3. The maximum absolute atomic E-state index is 14.0. The fourth-order valence-corrected chi connectivity index (χ4v) is 3.72. The van der Waals surface area contributed by atoms with Gasteiger partial charge in [0.1, 0.15) is 16.2 Å². The van der Waals surface area contributed by atoms with E-state index in [0.717, 1.165) is 10.6 Å². The highest BCUT2D eigenvalue weighted by atomic mass is 35.5. The molecule has 1 aromatic heterocycles. The molecule has 0 amide bonds. The second-order valence-electron chi connectivity index (χ2n) is 4.26. The van der Waals surface area contributed by atoms with Gasteiger partial charge in [-0.15, -0.1) is 23.4 Å². The van der Waals surface area contributed by atoms with Crippen LogP contribution in [-0.4, -0.2) is 20.0 Å². The van der Waals surface area contributed by atoms with Crippen molar-refractivity contribution < 1.29 is 9.50 Å². The van der Waals surface area contributed by atoms with Crippen LogP contribution in [0.3, 0.4) is 0 Å². The van der Waals surface area contributed by atoms with Crippen molar-refractivity contribution in [2.45, 2.75) is 11.3 Å². The van der Waals surface area contributed by atoms with Crippen LogP contribution in [0.5, 0.6) is 5.88 Å². The average molecular weight is 335 g/mol. The second-order valence-corrected chi connectivity index (χ2v) is 6.61. The van der Waals surface area contributed by atoms with Crippen molar-refractivity contribution >= 4 is 35.0 Å². The van der Waals surface area contributed by atoms with E-state index in [0.29, 0.717) is 18.0 Å². The van der Waals surface area contributed by atoms with Gasteiger partial charge in [0.25, 0.3) is 0 Å². The lowest BCUT2D eigenvalue weighted by Gasteiger charge is -2.17. The monoisotopic (exact) mass is 334 g/mol. The Hall–Kier alpha value is -1.11. The summed E-state index contributed by atoms with van der Waals surface area (Å²) in [5.41, 5.74) is -0.250. The van der Waals surface area contributed by atoms with Crippen LogP contribution in [0.4, 0.5) is 4.39 Å². The van der Waals surface area contributed by atoms with E-state index in [1.54, 1.807) is 0 Å². The highest BCUT2D eigenvalue weighted by Crippen LogP contribution is 2.41. The smallest absolute Gasteiger partial charge is 0.336 e. The quantitative estimate of drug-likeness (QED) is 0.815. The number of halogens is 3. The molecule has 0 spiro atoms. The average Bonchev–Trinajstić information content (AvgIpc) is 2.64. The van der Waals surface area contributed by atoms with Crippen LogP contribution in [0.25, 0.3) is 5.69 Å². The van der Waals surface area contributed by atoms with Crippen LogP contribution < -0.4 is 5.69 Å². The van der Waals surface area contributed by atoms with Crippen molar-refractivity contribution in [1.29, 1.82) is 0 Å². The number of benzene rings is 1. The van der Waals surface area contributed by atoms with Gasteiger partial charge in [0.15, 0.2) is 0 Å². The SMILES string of the molecule is O=c1n2c(c(O)n1-c1ccc(Cl)cc1F)C(Cl)SCC2. The summed E-state index contributed by atoms with van der Waals surface area (Å²) in [7, 11) is 0. The Morgan fingerprint density at radius 3 is 2.85 bits per heavy atom. The molecule has 0 saturated carbocycles. The number of aromatic nitrogens is 2. The van der Waals surface area contributed by atoms with Crippen LogP contribution in [0.2, 0.25) is 5.02 Å². The molecular weight excluding hydrogens is 326 g/mol. The van der Waals surface area contributed by atoms with E-state index in [9.17, 15) is 14.3 Å². The maximum atomic E-state index is 14.0. The molecule has 1 atom stereocenters. The molecule has 1 aliphatic heterocycles. The summed E-state index contributed by atoms with van der Waals surface area (Å²) in [5.74, 6) is -0.354. The number of hydrogen-bond donors (Lipinski definition) is 1. The van der Waals surface area contributed by atoms with Gasteiger partial charge in [-0.2, -0.15) is 0 Å². The Morgan fingerprint density at radius 1 is 1.45 bits per heavy atom. The Balaban J connectivity index is 2.28. The van der Waals surface area contributed by atoms with Crippen LogP contribution >= 0.6 is 35.0 Å². The Bertz CT molecular complexity index is 744. The first-order chi connectivity index (χ1) is 9.50. The minimum atomic E-state index is -0.684. The van der Waals surface area contributed by atoms with E-state index in [1.165, 1.54) is 28.5 Å². The van der Waals surface area contributed by atoms with Gasteiger partial charge >= 0.3 is 5.69 Å². The number of aromatic hydroxyl groups is 1. The van der Waals surface area contributed by atoms with E-state index in [-0.39, 0.29) is 16.6 Å². The molecule has 20 heavy (non-hydrogen) atoms. The zero-order chi connectivity index (χ0) is 14.4. The summed E-state index contributed by atoms with van der Waals surface area (Å²) >= 11 is 13.2. The maximum Gasteiger partial charge on any atom is 0.336 e. The van der Waals surface area contributed by atoms with Gasteiger partial charge in [0, 0.05) is 17.3 Å². The molecule has 1 unspecified atom stereocenters. The molecule has 1 aliphatic rings. The lowest BCUT2D eigenvalue weighted by Crippen LogP contribution is -2.27. The molecular formula is C12H9Cl2FN2O2S. The minimum Gasteiger partial charge on any atom is -0.493 e. The Labute approximate surface area is 127 Å². The third kappa shape index (κ3) is 2.03. The second kappa shape index (κ2) is 5.02. The molecule has 0 fully saturated rings. The highest BCUT2D eigenvalue weighted by molar-refractivity contribution is 8.00. The largest absolute Gasteiger partial charge is 0.493 e.